The van der Waals surface area contributed by atoms with Gasteiger partial charge in [-0.3, -0.25) is 38.7 Å². The van der Waals surface area contributed by atoms with Crippen LogP contribution in [-0.2, 0) is 66.9 Å². The fourth-order valence-corrected chi connectivity index (χ4v) is 11.3. The topological polar surface area (TPSA) is 232 Å². The third kappa shape index (κ3) is 15.4. The van der Waals surface area contributed by atoms with Crippen LogP contribution in [0.1, 0.15) is 112 Å². The van der Waals surface area contributed by atoms with Crippen LogP contribution < -0.4 is 26.6 Å². The van der Waals surface area contributed by atoms with Crippen molar-refractivity contribution in [1.29, 1.82) is 0 Å². The molecule has 0 spiro atoms. The molecule has 2 saturated heterocycles. The van der Waals surface area contributed by atoms with Crippen LogP contribution in [-0.4, -0.2) is 159 Å². The second-order valence-corrected chi connectivity index (χ2v) is 20.4. The molecule has 3 aliphatic heterocycles. The summed E-state index contributed by atoms with van der Waals surface area (Å²) in [6, 6.07) is 4.37. The Hall–Kier alpha value is -5.29. The van der Waals surface area contributed by atoms with E-state index >= 15 is 0 Å². The van der Waals surface area contributed by atoms with Crippen molar-refractivity contribution in [3.63, 3.8) is 0 Å². The predicted octanol–water partition coefficient (Wildman–Crippen LogP) is 3.15. The van der Waals surface area contributed by atoms with E-state index in [0.29, 0.717) is 95.3 Å². The number of amides is 6. The summed E-state index contributed by atoms with van der Waals surface area (Å²) in [5, 5.41) is 15.4. The van der Waals surface area contributed by atoms with Crippen molar-refractivity contribution in [3.05, 3.63) is 59.2 Å². The highest BCUT2D eigenvalue weighted by Crippen LogP contribution is 2.45. The number of carbonyl (C=O) groups excluding carboxylic acids is 6. The van der Waals surface area contributed by atoms with Gasteiger partial charge in [0.15, 0.2) is 0 Å². The van der Waals surface area contributed by atoms with E-state index in [9.17, 15) is 41.9 Å². The van der Waals surface area contributed by atoms with Crippen LogP contribution in [0.15, 0.2) is 36.8 Å². The summed E-state index contributed by atoms with van der Waals surface area (Å²) in [7, 11) is 3.33. The van der Waals surface area contributed by atoms with Gasteiger partial charge in [0.1, 0.15) is 0 Å². The Labute approximate surface area is 430 Å². The van der Waals surface area contributed by atoms with E-state index in [4.69, 9.17) is 18.9 Å². The Kier molecular flexibility index (Phi) is 20.6. The van der Waals surface area contributed by atoms with Crippen molar-refractivity contribution in [2.24, 2.45) is 17.3 Å². The van der Waals surface area contributed by atoms with Gasteiger partial charge in [0.25, 0.3) is 0 Å². The SMILES string of the molecule is CO[C@H]1COCC[C@H]1N[C@H]1CC[C@@](CCCNC(=O)[C@H]2CC[C@@H](NC(=O)CCOCCOCCNC(=O)CCNC(=O)[C@H]3CC(=O)N(C)[C@@H]3c3cccnc3)CC2)(C(=O)N2CCc3ncc(C(F)(F)F)cc3C2)C1. The van der Waals surface area contributed by atoms with Gasteiger partial charge < -0.3 is 55.3 Å². The van der Waals surface area contributed by atoms with Gasteiger partial charge in [-0.2, -0.15) is 13.2 Å². The lowest BCUT2D eigenvalue weighted by Gasteiger charge is -2.38. The number of aromatic nitrogens is 2. The molecule has 4 fully saturated rings. The lowest BCUT2D eigenvalue weighted by Crippen LogP contribution is -2.51. The largest absolute Gasteiger partial charge is 0.417 e. The average Bonchev–Trinajstić information content (AvgIpc) is 3.95. The molecule has 22 heteroatoms. The van der Waals surface area contributed by atoms with Crippen LogP contribution >= 0.6 is 0 Å². The maximum Gasteiger partial charge on any atom is 0.417 e. The van der Waals surface area contributed by atoms with Crippen molar-refractivity contribution in [3.8, 4) is 0 Å². The fraction of sp³-hybridized carbons (Fsp3) is 0.692. The molecule has 7 rings (SSSR count). The summed E-state index contributed by atoms with van der Waals surface area (Å²) in [6.07, 6.45) is 6.63. The molecule has 2 aromatic rings. The van der Waals surface area contributed by atoms with E-state index in [1.807, 2.05) is 6.07 Å². The summed E-state index contributed by atoms with van der Waals surface area (Å²) >= 11 is 0. The summed E-state index contributed by atoms with van der Waals surface area (Å²) in [5.74, 6) is -1.67. The van der Waals surface area contributed by atoms with E-state index in [2.05, 4.69) is 36.6 Å². The predicted molar refractivity (Wildman–Crippen MR) is 262 cm³/mol. The molecular weight excluding hydrogens is 968 g/mol. The Bertz CT molecular complexity index is 2220. The van der Waals surface area contributed by atoms with E-state index in [1.54, 1.807) is 42.4 Å². The minimum Gasteiger partial charge on any atom is -0.379 e. The number of halogens is 3. The minimum absolute atomic E-state index is 0.0428. The Morgan fingerprint density at radius 1 is 0.892 bits per heavy atom. The molecule has 6 amide bonds. The van der Waals surface area contributed by atoms with Gasteiger partial charge in [-0.1, -0.05) is 6.07 Å². The first-order valence-electron chi connectivity index (χ1n) is 26.3. The summed E-state index contributed by atoms with van der Waals surface area (Å²) in [6.45, 7) is 3.36. The number of pyridine rings is 2. The molecule has 5 aliphatic rings. The summed E-state index contributed by atoms with van der Waals surface area (Å²) in [5.41, 5.74) is 0.216. The van der Waals surface area contributed by atoms with Gasteiger partial charge in [-0.15, -0.1) is 0 Å². The molecule has 74 heavy (non-hydrogen) atoms. The number of fused-ring (bicyclic) bond motifs is 1. The Morgan fingerprint density at radius 2 is 1.68 bits per heavy atom. The molecule has 5 N–H and O–H groups in total. The highest BCUT2D eigenvalue weighted by molar-refractivity contribution is 5.90. The lowest BCUT2D eigenvalue weighted by molar-refractivity contribution is -0.143. The number of likely N-dealkylation sites (tertiary alicyclic amines) is 1. The normalized spacial score (nSPS) is 26.1. The number of carbonyl (C=O) groups is 6. The zero-order valence-corrected chi connectivity index (χ0v) is 42.7. The second-order valence-electron chi connectivity index (χ2n) is 20.4. The number of rotatable bonds is 24. The molecule has 2 aromatic heterocycles. The maximum absolute atomic E-state index is 14.6. The van der Waals surface area contributed by atoms with Crippen LogP contribution in [0.3, 0.4) is 0 Å². The van der Waals surface area contributed by atoms with Crippen LogP contribution in [0.25, 0.3) is 0 Å². The third-order valence-corrected chi connectivity index (χ3v) is 15.4. The quantitative estimate of drug-likeness (QED) is 0.0954. The Morgan fingerprint density at radius 3 is 2.43 bits per heavy atom. The minimum atomic E-state index is -4.54. The number of nitrogens with one attached hydrogen (secondary N) is 5. The van der Waals surface area contributed by atoms with Gasteiger partial charge in [-0.25, -0.2) is 0 Å². The molecule has 0 aromatic carbocycles. The molecule has 0 bridgehead atoms. The number of hydrogen-bond acceptors (Lipinski definition) is 13. The monoisotopic (exact) mass is 1040 g/mol. The number of hydrogen-bond donors (Lipinski definition) is 5. The Balaban J connectivity index is 0.738. The maximum atomic E-state index is 14.6. The zero-order valence-electron chi connectivity index (χ0n) is 42.7. The van der Waals surface area contributed by atoms with Gasteiger partial charge in [0, 0.05) is 127 Å². The van der Waals surface area contributed by atoms with Gasteiger partial charge in [0.05, 0.1) is 62.1 Å². The van der Waals surface area contributed by atoms with Crippen molar-refractivity contribution in [2.45, 2.75) is 133 Å². The highest BCUT2D eigenvalue weighted by Gasteiger charge is 2.48. The molecule has 6 atom stereocenters. The van der Waals surface area contributed by atoms with Crippen LogP contribution in [0, 0.1) is 17.3 Å². The molecule has 2 saturated carbocycles. The smallest absolute Gasteiger partial charge is 0.379 e. The summed E-state index contributed by atoms with van der Waals surface area (Å²) < 4.78 is 63.2. The van der Waals surface area contributed by atoms with Crippen molar-refractivity contribution in [2.75, 3.05) is 80.0 Å². The van der Waals surface area contributed by atoms with Crippen molar-refractivity contribution < 1.29 is 60.9 Å². The van der Waals surface area contributed by atoms with Gasteiger partial charge in [-0.05, 0) is 87.5 Å². The number of nitrogens with zero attached hydrogens (tertiary/aromatic N) is 4. The number of ether oxygens (including phenoxy) is 4. The van der Waals surface area contributed by atoms with E-state index in [1.165, 1.54) is 0 Å². The van der Waals surface area contributed by atoms with Crippen molar-refractivity contribution >= 4 is 35.4 Å². The summed E-state index contributed by atoms with van der Waals surface area (Å²) in [4.78, 5) is 89.7. The number of methoxy groups -OCH3 is 1. The molecule has 19 nitrogen and oxygen atoms in total. The van der Waals surface area contributed by atoms with E-state index in [0.717, 1.165) is 30.7 Å². The fourth-order valence-electron chi connectivity index (χ4n) is 11.3. The average molecular weight is 1040 g/mol. The van der Waals surface area contributed by atoms with Crippen LogP contribution in [0.5, 0.6) is 0 Å². The first kappa shape index (κ1) is 56.4. The molecule has 2 aliphatic carbocycles. The van der Waals surface area contributed by atoms with E-state index in [-0.39, 0.29) is 131 Å². The molecular formula is C52H74F3N9O10. The lowest BCUT2D eigenvalue weighted by atomic mass is 9.79. The highest BCUT2D eigenvalue weighted by atomic mass is 19.4. The van der Waals surface area contributed by atoms with E-state index < -0.39 is 29.1 Å². The molecule has 0 unspecified atom stereocenters. The zero-order chi connectivity index (χ0) is 52.7. The molecule has 0 radical (unpaired) electrons. The van der Waals surface area contributed by atoms with Crippen LogP contribution in [0.4, 0.5) is 13.2 Å². The van der Waals surface area contributed by atoms with Gasteiger partial charge in [0.2, 0.25) is 35.4 Å². The second kappa shape index (κ2) is 27.0. The molecule has 408 valence electrons. The first-order chi connectivity index (χ1) is 35.6. The number of alkyl halides is 3. The van der Waals surface area contributed by atoms with Crippen LogP contribution in [0.2, 0.25) is 0 Å². The third-order valence-electron chi connectivity index (χ3n) is 15.4. The standard InChI is InChI=1S/C52H74F3N9O10/c1-63-46(67)28-40(47(63)35-5-3-17-56-30-35)49(69)59-19-11-44(65)57-20-24-73-26-25-72-23-14-45(66)62-38-8-6-34(7-9-38)48(68)58-18-4-15-51(16-10-39(29-51)61-42-13-22-74-33-43(42)71-2)50(70)64-21-12-41-36(32-64)27-37(31-60-41)52(53,54)55/h3,5,17,27,30-31,34,38-40,42-43,47,61H,4,6-16,18-26,28-29,32-33H2,1-2H3,(H,57,65)(H,58,68)(H,59,69)(H,62,66)/t34-,38+,39-,40-,42+,43-,47+,51+/m0/s1. The molecule has 5 heterocycles. The first-order valence-corrected chi connectivity index (χ1v) is 26.3. The van der Waals surface area contributed by atoms with Crippen molar-refractivity contribution in [1.82, 2.24) is 46.4 Å². The van der Waals surface area contributed by atoms with Gasteiger partial charge >= 0.3 is 6.18 Å².